The average molecular weight is 344 g/mol. The van der Waals surface area contributed by atoms with Crippen LogP contribution in [0.15, 0.2) is 47.4 Å². The molecule has 0 aliphatic carbocycles. The Labute approximate surface area is 140 Å². The van der Waals surface area contributed by atoms with Crippen LogP contribution in [0.3, 0.4) is 0 Å². The zero-order chi connectivity index (χ0) is 16.1. The van der Waals surface area contributed by atoms with Crippen LogP contribution in [-0.4, -0.2) is 28.3 Å². The van der Waals surface area contributed by atoms with E-state index in [0.29, 0.717) is 10.0 Å². The molecular formula is C15H12N4O2S2. The van der Waals surface area contributed by atoms with Crippen molar-refractivity contribution in [2.45, 2.75) is 0 Å². The number of carbonyl (C=O) groups is 2. The van der Waals surface area contributed by atoms with Crippen molar-refractivity contribution in [1.29, 1.82) is 0 Å². The molecule has 0 spiro atoms. The maximum atomic E-state index is 11.9. The average Bonchev–Trinajstić information content (AvgIpc) is 3.25. The molecule has 3 aromatic rings. The third kappa shape index (κ3) is 3.99. The van der Waals surface area contributed by atoms with Crippen LogP contribution >= 0.6 is 22.7 Å². The van der Waals surface area contributed by atoms with Crippen LogP contribution in [0.5, 0.6) is 0 Å². The molecule has 0 saturated carbocycles. The lowest BCUT2D eigenvalue weighted by Crippen LogP contribution is -2.32. The minimum Gasteiger partial charge on any atom is -0.342 e. The van der Waals surface area contributed by atoms with E-state index in [-0.39, 0.29) is 18.4 Å². The molecule has 2 amide bonds. The fourth-order valence-corrected chi connectivity index (χ4v) is 3.08. The molecule has 0 unspecified atom stereocenters. The summed E-state index contributed by atoms with van der Waals surface area (Å²) in [4.78, 5) is 32.2. The molecule has 6 nitrogen and oxygen atoms in total. The fraction of sp³-hybridized carbons (Fsp3) is 0.0667. The molecule has 0 fully saturated rings. The number of rotatable bonds is 5. The molecule has 0 aliphatic heterocycles. The lowest BCUT2D eigenvalue weighted by molar-refractivity contribution is -0.115. The van der Waals surface area contributed by atoms with Crippen LogP contribution in [0, 0.1) is 0 Å². The number of hydrogen-bond acceptors (Lipinski definition) is 6. The van der Waals surface area contributed by atoms with Gasteiger partial charge < -0.3 is 10.6 Å². The first-order chi connectivity index (χ1) is 11.2. The van der Waals surface area contributed by atoms with Gasteiger partial charge in [-0.25, -0.2) is 4.98 Å². The Kier molecular flexibility index (Phi) is 4.74. The van der Waals surface area contributed by atoms with E-state index >= 15 is 0 Å². The SMILES string of the molecule is O=C(CNC(=O)c1cncs1)Nc1nc(-c2ccccc2)cs1. The number of benzene rings is 1. The van der Waals surface area contributed by atoms with Gasteiger partial charge in [0.05, 0.1) is 23.9 Å². The van der Waals surface area contributed by atoms with E-state index in [4.69, 9.17) is 0 Å². The maximum Gasteiger partial charge on any atom is 0.263 e. The molecule has 0 bridgehead atoms. The summed E-state index contributed by atoms with van der Waals surface area (Å²) < 4.78 is 0. The standard InChI is InChI=1S/C15H12N4O2S2/c20-13(7-17-14(21)12-6-16-9-23-12)19-15-18-11(8-22-15)10-4-2-1-3-5-10/h1-6,8-9H,7H2,(H,17,21)(H,18,19,20). The van der Waals surface area contributed by atoms with E-state index in [1.165, 1.54) is 28.9 Å². The Balaban J connectivity index is 1.54. The van der Waals surface area contributed by atoms with Crippen molar-refractivity contribution in [2.75, 3.05) is 11.9 Å². The Bertz CT molecular complexity index is 800. The number of anilines is 1. The topological polar surface area (TPSA) is 84.0 Å². The van der Waals surface area contributed by atoms with Crippen LogP contribution < -0.4 is 10.6 Å². The lowest BCUT2D eigenvalue weighted by atomic mass is 10.2. The van der Waals surface area contributed by atoms with Crippen molar-refractivity contribution in [3.63, 3.8) is 0 Å². The summed E-state index contributed by atoms with van der Waals surface area (Å²) >= 11 is 2.56. The Morgan fingerprint density at radius 1 is 1.13 bits per heavy atom. The first kappa shape index (κ1) is 15.3. The largest absolute Gasteiger partial charge is 0.342 e. The second-order valence-corrected chi connectivity index (χ2v) is 6.24. The van der Waals surface area contributed by atoms with Gasteiger partial charge in [0, 0.05) is 10.9 Å². The lowest BCUT2D eigenvalue weighted by Gasteiger charge is -2.03. The van der Waals surface area contributed by atoms with Gasteiger partial charge in [-0.1, -0.05) is 30.3 Å². The van der Waals surface area contributed by atoms with Gasteiger partial charge in [-0.2, -0.15) is 0 Å². The van der Waals surface area contributed by atoms with Crippen molar-refractivity contribution in [3.8, 4) is 11.3 Å². The normalized spacial score (nSPS) is 10.3. The molecule has 0 radical (unpaired) electrons. The van der Waals surface area contributed by atoms with Crippen molar-refractivity contribution in [1.82, 2.24) is 15.3 Å². The summed E-state index contributed by atoms with van der Waals surface area (Å²) in [5.74, 6) is -0.636. The van der Waals surface area contributed by atoms with Crippen LogP contribution in [-0.2, 0) is 4.79 Å². The van der Waals surface area contributed by atoms with Crippen molar-refractivity contribution >= 4 is 39.6 Å². The molecule has 1 aromatic carbocycles. The van der Waals surface area contributed by atoms with E-state index in [0.717, 1.165) is 11.3 Å². The van der Waals surface area contributed by atoms with Gasteiger partial charge in [0.2, 0.25) is 5.91 Å². The number of aromatic nitrogens is 2. The van der Waals surface area contributed by atoms with Gasteiger partial charge in [-0.05, 0) is 0 Å². The molecule has 23 heavy (non-hydrogen) atoms. The van der Waals surface area contributed by atoms with E-state index < -0.39 is 0 Å². The Hall–Kier alpha value is -2.58. The third-order valence-corrected chi connectivity index (χ3v) is 4.42. The van der Waals surface area contributed by atoms with E-state index in [1.807, 2.05) is 35.7 Å². The summed E-state index contributed by atoms with van der Waals surface area (Å²) in [5, 5.41) is 7.59. The Morgan fingerprint density at radius 3 is 2.70 bits per heavy atom. The van der Waals surface area contributed by atoms with Gasteiger partial charge in [-0.3, -0.25) is 14.6 Å². The first-order valence-electron chi connectivity index (χ1n) is 6.70. The highest BCUT2D eigenvalue weighted by atomic mass is 32.1. The van der Waals surface area contributed by atoms with Crippen LogP contribution in [0.1, 0.15) is 9.67 Å². The molecule has 0 aliphatic rings. The second-order valence-electron chi connectivity index (χ2n) is 4.50. The minimum atomic E-state index is -0.322. The molecule has 3 rings (SSSR count). The van der Waals surface area contributed by atoms with Crippen molar-refractivity contribution in [3.05, 3.63) is 52.3 Å². The van der Waals surface area contributed by atoms with Crippen molar-refractivity contribution in [2.24, 2.45) is 0 Å². The number of hydrogen-bond donors (Lipinski definition) is 2. The first-order valence-corrected chi connectivity index (χ1v) is 8.46. The fourth-order valence-electron chi connectivity index (χ4n) is 1.81. The quantitative estimate of drug-likeness (QED) is 0.745. The molecule has 0 saturated heterocycles. The highest BCUT2D eigenvalue weighted by Crippen LogP contribution is 2.24. The number of nitrogens with one attached hydrogen (secondary N) is 2. The predicted molar refractivity (Wildman–Crippen MR) is 90.6 cm³/mol. The van der Waals surface area contributed by atoms with E-state index in [9.17, 15) is 9.59 Å². The van der Waals surface area contributed by atoms with Gasteiger partial charge >= 0.3 is 0 Å². The number of amides is 2. The minimum absolute atomic E-state index is 0.114. The predicted octanol–water partition coefficient (Wildman–Crippen LogP) is 2.64. The highest BCUT2D eigenvalue weighted by Gasteiger charge is 2.11. The number of nitrogens with zero attached hydrogens (tertiary/aromatic N) is 2. The van der Waals surface area contributed by atoms with Crippen LogP contribution in [0.2, 0.25) is 0 Å². The van der Waals surface area contributed by atoms with Gasteiger partial charge in [0.15, 0.2) is 5.13 Å². The smallest absolute Gasteiger partial charge is 0.263 e. The number of carbonyl (C=O) groups excluding carboxylic acids is 2. The molecule has 0 atom stereocenters. The zero-order valence-corrected chi connectivity index (χ0v) is 13.5. The van der Waals surface area contributed by atoms with Crippen molar-refractivity contribution < 1.29 is 9.59 Å². The van der Waals surface area contributed by atoms with Crippen LogP contribution in [0.4, 0.5) is 5.13 Å². The molecule has 116 valence electrons. The molecular weight excluding hydrogens is 332 g/mol. The molecule has 2 N–H and O–H groups in total. The van der Waals surface area contributed by atoms with Gasteiger partial charge in [0.25, 0.3) is 5.91 Å². The third-order valence-electron chi connectivity index (χ3n) is 2.89. The number of thiazole rings is 2. The summed E-state index contributed by atoms with van der Waals surface area (Å²) in [6.07, 6.45) is 1.46. The van der Waals surface area contributed by atoms with Gasteiger partial charge in [0.1, 0.15) is 4.88 Å². The van der Waals surface area contributed by atoms with Gasteiger partial charge in [-0.15, -0.1) is 22.7 Å². The van der Waals surface area contributed by atoms with E-state index in [1.54, 1.807) is 5.51 Å². The summed E-state index contributed by atoms with van der Waals surface area (Å²) in [6.45, 7) is -0.114. The van der Waals surface area contributed by atoms with Crippen LogP contribution in [0.25, 0.3) is 11.3 Å². The Morgan fingerprint density at radius 2 is 1.96 bits per heavy atom. The summed E-state index contributed by atoms with van der Waals surface area (Å²) in [7, 11) is 0. The molecule has 8 heteroatoms. The molecule has 2 heterocycles. The summed E-state index contributed by atoms with van der Waals surface area (Å²) in [6, 6.07) is 9.71. The molecule has 2 aromatic heterocycles. The zero-order valence-electron chi connectivity index (χ0n) is 11.9. The van der Waals surface area contributed by atoms with E-state index in [2.05, 4.69) is 20.6 Å². The monoisotopic (exact) mass is 344 g/mol. The maximum absolute atomic E-state index is 11.9. The summed E-state index contributed by atoms with van der Waals surface area (Å²) in [5.41, 5.74) is 3.36. The highest BCUT2D eigenvalue weighted by molar-refractivity contribution is 7.14. The second kappa shape index (κ2) is 7.12.